The van der Waals surface area contributed by atoms with Crippen LogP contribution in [0.3, 0.4) is 0 Å². The molecular formula is C29H33Br2N3O5S. The van der Waals surface area contributed by atoms with E-state index >= 15 is 0 Å². The van der Waals surface area contributed by atoms with Crippen LogP contribution < -0.4 is 14.4 Å². The van der Waals surface area contributed by atoms with Crippen LogP contribution in [0.4, 0.5) is 5.69 Å². The van der Waals surface area contributed by atoms with Crippen LogP contribution in [-0.4, -0.2) is 50.9 Å². The molecule has 0 spiro atoms. The third-order valence-electron chi connectivity index (χ3n) is 6.07. The molecule has 1 N–H and O–H groups in total. The number of hydrogen-bond donors (Lipinski definition) is 1. The van der Waals surface area contributed by atoms with Gasteiger partial charge in [0.15, 0.2) is 0 Å². The molecule has 0 radical (unpaired) electrons. The van der Waals surface area contributed by atoms with Crippen molar-refractivity contribution in [1.29, 1.82) is 0 Å². The van der Waals surface area contributed by atoms with Crippen molar-refractivity contribution < 1.29 is 22.7 Å². The largest absolute Gasteiger partial charge is 0.494 e. The van der Waals surface area contributed by atoms with Crippen molar-refractivity contribution in [2.24, 2.45) is 0 Å². The molecular weight excluding hydrogens is 662 g/mol. The first-order valence-corrected chi connectivity index (χ1v) is 15.9. The van der Waals surface area contributed by atoms with Crippen LogP contribution in [0, 0.1) is 0 Å². The van der Waals surface area contributed by atoms with Crippen LogP contribution in [0.2, 0.25) is 0 Å². The molecule has 40 heavy (non-hydrogen) atoms. The van der Waals surface area contributed by atoms with Gasteiger partial charge in [0.25, 0.3) is 10.0 Å². The predicted molar refractivity (Wildman–Crippen MR) is 164 cm³/mol. The molecule has 0 aliphatic rings. The van der Waals surface area contributed by atoms with Gasteiger partial charge in [-0.1, -0.05) is 50.9 Å². The highest BCUT2D eigenvalue weighted by atomic mass is 79.9. The van der Waals surface area contributed by atoms with Gasteiger partial charge in [0.2, 0.25) is 11.8 Å². The molecule has 3 aromatic carbocycles. The van der Waals surface area contributed by atoms with Crippen molar-refractivity contribution in [3.8, 4) is 5.75 Å². The summed E-state index contributed by atoms with van der Waals surface area (Å²) in [6.07, 6.45) is 0.745. The number of ether oxygens (including phenoxy) is 1. The molecule has 0 fully saturated rings. The molecule has 1 atom stereocenters. The number of nitrogens with zero attached hydrogens (tertiary/aromatic N) is 2. The number of hydrogen-bond acceptors (Lipinski definition) is 5. The second-order valence-electron chi connectivity index (χ2n) is 9.01. The molecule has 0 aliphatic carbocycles. The summed E-state index contributed by atoms with van der Waals surface area (Å²) < 4.78 is 35.9. The number of nitrogens with one attached hydrogen (secondary N) is 1. The average molecular weight is 695 g/mol. The van der Waals surface area contributed by atoms with Crippen molar-refractivity contribution in [2.45, 2.75) is 44.7 Å². The molecule has 0 unspecified atom stereocenters. The van der Waals surface area contributed by atoms with Gasteiger partial charge in [-0.3, -0.25) is 13.9 Å². The van der Waals surface area contributed by atoms with E-state index in [0.717, 1.165) is 25.2 Å². The Bertz CT molecular complexity index is 1400. The maximum absolute atomic E-state index is 13.9. The van der Waals surface area contributed by atoms with E-state index in [2.05, 4.69) is 37.2 Å². The fourth-order valence-corrected chi connectivity index (χ4v) is 6.07. The first kappa shape index (κ1) is 31.6. The highest BCUT2D eigenvalue weighted by Gasteiger charge is 2.32. The van der Waals surface area contributed by atoms with Crippen LogP contribution in [0.5, 0.6) is 5.75 Å². The molecule has 0 aromatic heterocycles. The minimum atomic E-state index is -4.15. The monoisotopic (exact) mass is 693 g/mol. The number of carbonyl (C=O) groups excluding carboxylic acids is 2. The number of rotatable bonds is 13. The SMILES string of the molecule is CCCNC(=O)[C@H](C)N(Cc1cccc(Br)c1)C(=O)CN(c1ccc(OCC)cc1)S(=O)(=O)c1ccc(Br)cc1. The van der Waals surface area contributed by atoms with E-state index in [0.29, 0.717) is 24.6 Å². The molecule has 0 aliphatic heterocycles. The molecule has 3 rings (SSSR count). The number of halogens is 2. The standard InChI is InChI=1S/C29H33Br2N3O5S/c1-4-17-32-29(36)21(3)33(19-22-7-6-8-24(31)18-22)28(35)20-34(25-11-13-26(14-12-25)39-5-2)40(37,38)27-15-9-23(30)10-16-27/h6-16,18,21H,4-5,17,19-20H2,1-3H3,(H,32,36)/t21-/m0/s1. The summed E-state index contributed by atoms with van der Waals surface area (Å²) in [5.74, 6) is -0.252. The van der Waals surface area contributed by atoms with Crippen molar-refractivity contribution in [2.75, 3.05) is 24.0 Å². The van der Waals surface area contributed by atoms with Crippen LogP contribution in [0.25, 0.3) is 0 Å². The van der Waals surface area contributed by atoms with Gasteiger partial charge in [0.05, 0.1) is 17.2 Å². The highest BCUT2D eigenvalue weighted by Crippen LogP contribution is 2.27. The third kappa shape index (κ3) is 8.31. The van der Waals surface area contributed by atoms with E-state index in [1.165, 1.54) is 17.0 Å². The Morgan fingerprint density at radius 1 is 0.950 bits per heavy atom. The maximum Gasteiger partial charge on any atom is 0.264 e. The minimum absolute atomic E-state index is 0.0321. The first-order valence-electron chi connectivity index (χ1n) is 12.9. The lowest BCUT2D eigenvalue weighted by Gasteiger charge is -2.32. The lowest BCUT2D eigenvalue weighted by atomic mass is 10.1. The van der Waals surface area contributed by atoms with Crippen LogP contribution in [-0.2, 0) is 26.2 Å². The Morgan fingerprint density at radius 3 is 2.23 bits per heavy atom. The zero-order valence-electron chi connectivity index (χ0n) is 22.6. The molecule has 0 bridgehead atoms. The second kappa shape index (κ2) is 14.7. The van der Waals surface area contributed by atoms with E-state index in [4.69, 9.17) is 4.74 Å². The van der Waals surface area contributed by atoms with Gasteiger partial charge in [-0.25, -0.2) is 8.42 Å². The van der Waals surface area contributed by atoms with Crippen molar-refractivity contribution in [1.82, 2.24) is 10.2 Å². The smallest absolute Gasteiger partial charge is 0.264 e. The van der Waals surface area contributed by atoms with Gasteiger partial charge >= 0.3 is 0 Å². The van der Waals surface area contributed by atoms with Gasteiger partial charge in [-0.05, 0) is 86.5 Å². The summed E-state index contributed by atoms with van der Waals surface area (Å²) in [5.41, 5.74) is 1.09. The zero-order chi connectivity index (χ0) is 29.3. The fraction of sp³-hybridized carbons (Fsp3) is 0.310. The topological polar surface area (TPSA) is 96.0 Å². The van der Waals surface area contributed by atoms with E-state index < -0.39 is 28.5 Å². The zero-order valence-corrected chi connectivity index (χ0v) is 26.6. The maximum atomic E-state index is 13.9. The van der Waals surface area contributed by atoms with Gasteiger partial charge in [-0.2, -0.15) is 0 Å². The Hall–Kier alpha value is -2.89. The molecule has 214 valence electrons. The molecule has 3 aromatic rings. The summed E-state index contributed by atoms with van der Waals surface area (Å²) in [6.45, 7) is 5.98. The second-order valence-corrected chi connectivity index (χ2v) is 12.7. The summed E-state index contributed by atoms with van der Waals surface area (Å²) in [6, 6.07) is 19.3. The van der Waals surface area contributed by atoms with Gasteiger partial charge in [0, 0.05) is 22.0 Å². The molecule has 2 amide bonds. The number of amides is 2. The predicted octanol–water partition coefficient (Wildman–Crippen LogP) is 5.75. The minimum Gasteiger partial charge on any atom is -0.494 e. The van der Waals surface area contributed by atoms with Crippen LogP contribution in [0.15, 0.2) is 86.6 Å². The Morgan fingerprint density at radius 2 is 1.62 bits per heavy atom. The van der Waals surface area contributed by atoms with E-state index in [9.17, 15) is 18.0 Å². The normalized spacial score (nSPS) is 11.9. The Balaban J connectivity index is 2.02. The van der Waals surface area contributed by atoms with Crippen molar-refractivity contribution >= 4 is 59.4 Å². The summed E-state index contributed by atoms with van der Waals surface area (Å²) >= 11 is 6.79. The van der Waals surface area contributed by atoms with E-state index in [1.807, 2.05) is 38.1 Å². The molecule has 8 nitrogen and oxygen atoms in total. The van der Waals surface area contributed by atoms with Crippen LogP contribution in [0.1, 0.15) is 32.8 Å². The highest BCUT2D eigenvalue weighted by molar-refractivity contribution is 9.10. The summed E-state index contributed by atoms with van der Waals surface area (Å²) in [5, 5.41) is 2.84. The van der Waals surface area contributed by atoms with Crippen molar-refractivity contribution in [3.63, 3.8) is 0 Å². The van der Waals surface area contributed by atoms with Crippen LogP contribution >= 0.6 is 31.9 Å². The molecule has 11 heteroatoms. The molecule has 0 saturated heterocycles. The van der Waals surface area contributed by atoms with Gasteiger partial charge in [0.1, 0.15) is 18.3 Å². The summed E-state index contributed by atoms with van der Waals surface area (Å²) in [7, 11) is -4.15. The average Bonchev–Trinajstić information content (AvgIpc) is 2.93. The lowest BCUT2D eigenvalue weighted by molar-refractivity contribution is -0.139. The van der Waals surface area contributed by atoms with Gasteiger partial charge in [-0.15, -0.1) is 0 Å². The number of benzene rings is 3. The lowest BCUT2D eigenvalue weighted by Crippen LogP contribution is -2.51. The van der Waals surface area contributed by atoms with E-state index in [-0.39, 0.29) is 17.3 Å². The Labute approximate surface area is 253 Å². The molecule has 0 saturated carbocycles. The van der Waals surface area contributed by atoms with E-state index in [1.54, 1.807) is 43.3 Å². The number of anilines is 1. The third-order valence-corrected chi connectivity index (χ3v) is 8.88. The quantitative estimate of drug-likeness (QED) is 0.246. The Kier molecular flexibility index (Phi) is 11.6. The number of carbonyl (C=O) groups is 2. The first-order chi connectivity index (χ1) is 19.1. The van der Waals surface area contributed by atoms with Crippen molar-refractivity contribution in [3.05, 3.63) is 87.3 Å². The van der Waals surface area contributed by atoms with Gasteiger partial charge < -0.3 is 15.0 Å². The number of sulfonamides is 1. The fourth-order valence-electron chi connectivity index (χ4n) is 3.95. The molecule has 0 heterocycles. The summed E-state index contributed by atoms with van der Waals surface area (Å²) in [4.78, 5) is 28.3.